The molecule has 0 unspecified atom stereocenters. The highest BCUT2D eigenvalue weighted by atomic mass is 79.9. The van der Waals surface area contributed by atoms with Crippen LogP contribution in [0.5, 0.6) is 11.5 Å². The molecule has 0 bridgehead atoms. The van der Waals surface area contributed by atoms with E-state index in [0.717, 1.165) is 10.5 Å². The number of ether oxygens (including phenoxy) is 1. The summed E-state index contributed by atoms with van der Waals surface area (Å²) in [6.07, 6.45) is 0. The highest BCUT2D eigenvalue weighted by molar-refractivity contribution is 9.10. The predicted molar refractivity (Wildman–Crippen MR) is 83.2 cm³/mol. The minimum absolute atomic E-state index is 0.0295. The molecular weight excluding hydrogens is 351 g/mol. The van der Waals surface area contributed by atoms with Crippen LogP contribution < -0.4 is 4.74 Å². The van der Waals surface area contributed by atoms with Gasteiger partial charge in [-0.05, 0) is 42.5 Å². The summed E-state index contributed by atoms with van der Waals surface area (Å²) in [5, 5.41) is 8.57. The first-order valence-corrected chi connectivity index (χ1v) is 7.16. The number of nitriles is 1. The fourth-order valence-electron chi connectivity index (χ4n) is 1.74. The Labute approximate surface area is 135 Å². The molecule has 0 radical (unpaired) electrons. The molecule has 0 saturated carbocycles. The number of halogens is 2. The summed E-state index contributed by atoms with van der Waals surface area (Å²) in [4.78, 5) is 13.2. The van der Waals surface area contributed by atoms with Gasteiger partial charge in [-0.2, -0.15) is 5.26 Å². The third-order valence-corrected chi connectivity index (χ3v) is 3.40. The second-order valence-electron chi connectivity index (χ2n) is 4.52. The molecule has 0 aromatic heterocycles. The van der Waals surface area contributed by atoms with Gasteiger partial charge in [-0.3, -0.25) is 4.79 Å². The van der Waals surface area contributed by atoms with Gasteiger partial charge in [-0.25, -0.2) is 4.39 Å². The molecule has 0 spiro atoms. The van der Waals surface area contributed by atoms with Crippen LogP contribution in [0.2, 0.25) is 0 Å². The lowest BCUT2D eigenvalue weighted by Gasteiger charge is -2.14. The number of benzene rings is 2. The summed E-state index contributed by atoms with van der Waals surface area (Å²) in [6, 6.07) is 12.8. The summed E-state index contributed by atoms with van der Waals surface area (Å²) in [5.41, 5.74) is 0.165. The van der Waals surface area contributed by atoms with Gasteiger partial charge in [0, 0.05) is 17.1 Å². The fraction of sp³-hybridized carbons (Fsp3) is 0.125. The third-order valence-electron chi connectivity index (χ3n) is 2.87. The van der Waals surface area contributed by atoms with Crippen molar-refractivity contribution in [3.8, 4) is 17.6 Å². The molecule has 0 heterocycles. The SMILES string of the molecule is CN(CC#N)C(=O)c1ccc(Oc2ccc(Br)cc2)c(F)c1. The number of carbonyl (C=O) groups is 1. The molecule has 0 aliphatic rings. The van der Waals surface area contributed by atoms with Crippen molar-refractivity contribution in [1.82, 2.24) is 4.90 Å². The van der Waals surface area contributed by atoms with E-state index in [-0.39, 0.29) is 17.9 Å². The zero-order chi connectivity index (χ0) is 16.1. The zero-order valence-electron chi connectivity index (χ0n) is 11.7. The van der Waals surface area contributed by atoms with Crippen molar-refractivity contribution in [3.05, 3.63) is 58.3 Å². The average molecular weight is 363 g/mol. The Balaban J connectivity index is 2.18. The molecule has 2 rings (SSSR count). The van der Waals surface area contributed by atoms with Gasteiger partial charge in [0.25, 0.3) is 5.91 Å². The highest BCUT2D eigenvalue weighted by Gasteiger charge is 2.14. The summed E-state index contributed by atoms with van der Waals surface area (Å²) >= 11 is 3.30. The quantitative estimate of drug-likeness (QED) is 0.773. The number of rotatable bonds is 4. The Kier molecular flexibility index (Phi) is 5.12. The van der Waals surface area contributed by atoms with Crippen molar-refractivity contribution < 1.29 is 13.9 Å². The van der Waals surface area contributed by atoms with Crippen LogP contribution in [0.25, 0.3) is 0 Å². The molecule has 1 amide bonds. The number of hydrogen-bond acceptors (Lipinski definition) is 3. The maximum Gasteiger partial charge on any atom is 0.254 e. The lowest BCUT2D eigenvalue weighted by atomic mass is 10.2. The van der Waals surface area contributed by atoms with Crippen molar-refractivity contribution >= 4 is 21.8 Å². The largest absolute Gasteiger partial charge is 0.454 e. The van der Waals surface area contributed by atoms with Crippen molar-refractivity contribution in [2.24, 2.45) is 0 Å². The van der Waals surface area contributed by atoms with E-state index in [1.54, 1.807) is 24.3 Å². The van der Waals surface area contributed by atoms with Crippen molar-refractivity contribution in [2.45, 2.75) is 0 Å². The average Bonchev–Trinajstić information content (AvgIpc) is 2.51. The summed E-state index contributed by atoms with van der Waals surface area (Å²) in [6.45, 7) is -0.0579. The molecule has 4 nitrogen and oxygen atoms in total. The molecule has 112 valence electrons. The molecule has 0 fully saturated rings. The molecule has 0 N–H and O–H groups in total. The van der Waals surface area contributed by atoms with Crippen LogP contribution >= 0.6 is 15.9 Å². The van der Waals surface area contributed by atoms with Gasteiger partial charge in [0.15, 0.2) is 11.6 Å². The van der Waals surface area contributed by atoms with Gasteiger partial charge >= 0.3 is 0 Å². The minimum atomic E-state index is -0.640. The van der Waals surface area contributed by atoms with Crippen LogP contribution in [-0.2, 0) is 0 Å². The number of carbonyl (C=O) groups excluding carboxylic acids is 1. The molecular formula is C16H12BrFN2O2. The van der Waals surface area contributed by atoms with Gasteiger partial charge in [-0.15, -0.1) is 0 Å². The Morgan fingerprint density at radius 2 is 2.00 bits per heavy atom. The van der Waals surface area contributed by atoms with E-state index < -0.39 is 11.7 Å². The highest BCUT2D eigenvalue weighted by Crippen LogP contribution is 2.26. The van der Waals surface area contributed by atoms with Crippen molar-refractivity contribution in [1.29, 1.82) is 5.26 Å². The smallest absolute Gasteiger partial charge is 0.254 e. The second-order valence-corrected chi connectivity index (χ2v) is 5.44. The van der Waals surface area contributed by atoms with Gasteiger partial charge in [-0.1, -0.05) is 15.9 Å². The van der Waals surface area contributed by atoms with E-state index in [0.29, 0.717) is 5.75 Å². The first-order chi connectivity index (χ1) is 10.5. The molecule has 0 saturated heterocycles. The maximum absolute atomic E-state index is 14.1. The normalized spacial score (nSPS) is 9.91. The lowest BCUT2D eigenvalue weighted by Crippen LogP contribution is -2.27. The van der Waals surface area contributed by atoms with Crippen molar-refractivity contribution in [3.63, 3.8) is 0 Å². The monoisotopic (exact) mass is 362 g/mol. The van der Waals surface area contributed by atoms with Crippen molar-refractivity contribution in [2.75, 3.05) is 13.6 Å². The number of amides is 1. The van der Waals surface area contributed by atoms with E-state index in [2.05, 4.69) is 15.9 Å². The fourth-order valence-corrected chi connectivity index (χ4v) is 2.01. The molecule has 22 heavy (non-hydrogen) atoms. The predicted octanol–water partition coefficient (Wildman–Crippen LogP) is 3.98. The van der Waals surface area contributed by atoms with Crippen LogP contribution in [0.3, 0.4) is 0 Å². The summed E-state index contributed by atoms with van der Waals surface area (Å²) in [5.74, 6) is -0.542. The standard InChI is InChI=1S/C16H12BrFN2O2/c1-20(9-8-19)16(21)11-2-7-15(14(18)10-11)22-13-5-3-12(17)4-6-13/h2-7,10H,9H2,1H3. The number of hydrogen-bond donors (Lipinski definition) is 0. The summed E-state index contributed by atoms with van der Waals surface area (Å²) in [7, 11) is 1.48. The Hall–Kier alpha value is -2.39. The van der Waals surface area contributed by atoms with E-state index in [1.807, 2.05) is 6.07 Å². The number of nitrogens with zero attached hydrogens (tertiary/aromatic N) is 2. The first kappa shape index (κ1) is 16.0. The van der Waals surface area contributed by atoms with Crippen LogP contribution in [0.4, 0.5) is 4.39 Å². The summed E-state index contributed by atoms with van der Waals surface area (Å²) < 4.78 is 20.4. The second kappa shape index (κ2) is 7.05. The van der Waals surface area contributed by atoms with Crippen LogP contribution in [-0.4, -0.2) is 24.4 Å². The molecule has 0 aliphatic heterocycles. The van der Waals surface area contributed by atoms with Gasteiger partial charge < -0.3 is 9.64 Å². The molecule has 0 atom stereocenters. The van der Waals surface area contributed by atoms with E-state index >= 15 is 0 Å². The van der Waals surface area contributed by atoms with Gasteiger partial charge in [0.05, 0.1) is 6.07 Å². The Morgan fingerprint density at radius 1 is 1.32 bits per heavy atom. The minimum Gasteiger partial charge on any atom is -0.454 e. The zero-order valence-corrected chi connectivity index (χ0v) is 13.3. The first-order valence-electron chi connectivity index (χ1n) is 6.36. The molecule has 6 heteroatoms. The van der Waals surface area contributed by atoms with Gasteiger partial charge in [0.2, 0.25) is 0 Å². The van der Waals surface area contributed by atoms with Crippen LogP contribution in [0, 0.1) is 17.1 Å². The van der Waals surface area contributed by atoms with Gasteiger partial charge in [0.1, 0.15) is 12.3 Å². The maximum atomic E-state index is 14.1. The lowest BCUT2D eigenvalue weighted by molar-refractivity contribution is 0.0811. The Bertz CT molecular complexity index is 726. The molecule has 0 aliphatic carbocycles. The molecule has 2 aromatic carbocycles. The Morgan fingerprint density at radius 3 is 2.59 bits per heavy atom. The van der Waals surface area contributed by atoms with E-state index in [9.17, 15) is 9.18 Å². The van der Waals surface area contributed by atoms with Crippen LogP contribution in [0.15, 0.2) is 46.9 Å². The third kappa shape index (κ3) is 3.83. The van der Waals surface area contributed by atoms with E-state index in [4.69, 9.17) is 10.00 Å². The molecule has 2 aromatic rings. The van der Waals surface area contributed by atoms with Crippen LogP contribution in [0.1, 0.15) is 10.4 Å². The van der Waals surface area contributed by atoms with E-state index in [1.165, 1.54) is 24.1 Å². The topological polar surface area (TPSA) is 53.3 Å².